The Morgan fingerprint density at radius 2 is 2.05 bits per heavy atom. The van der Waals surface area contributed by atoms with Crippen LogP contribution in [0.3, 0.4) is 0 Å². The Balaban J connectivity index is 2.97. The topological polar surface area (TPSA) is 101 Å². The number of nitrogens with zero attached hydrogens (tertiary/aromatic N) is 2. The van der Waals surface area contributed by atoms with Crippen LogP contribution in [0.15, 0.2) is 6.07 Å². The molecule has 0 saturated heterocycles. The number of anilines is 1. The molecule has 7 heteroatoms. The second-order valence-electron chi connectivity index (χ2n) is 4.80. The third kappa shape index (κ3) is 4.49. The van der Waals surface area contributed by atoms with E-state index >= 15 is 0 Å². The number of carbonyl (C=O) groups is 2. The number of rotatable bonds is 6. The Hall–Kier alpha value is -2.18. The predicted octanol–water partition coefficient (Wildman–Crippen LogP) is 1.48. The van der Waals surface area contributed by atoms with E-state index < -0.39 is 11.9 Å². The van der Waals surface area contributed by atoms with Crippen molar-refractivity contribution in [2.75, 3.05) is 12.4 Å². The number of ether oxygens (including phenoxy) is 1. The van der Waals surface area contributed by atoms with Crippen molar-refractivity contribution in [2.24, 2.45) is 5.92 Å². The Bertz CT molecular complexity index is 502. The molecule has 7 nitrogen and oxygen atoms in total. The molecule has 0 aliphatic rings. The molecule has 0 bridgehead atoms. The molecule has 1 rings (SSSR count). The smallest absolute Gasteiger partial charge is 0.376 e. The van der Waals surface area contributed by atoms with E-state index in [1.54, 1.807) is 13.0 Å². The maximum Gasteiger partial charge on any atom is 0.376 e. The normalized spacial score (nSPS) is 12.1. The molecule has 0 radical (unpaired) electrons. The first-order valence-corrected chi connectivity index (χ1v) is 6.25. The molecule has 1 aromatic heterocycles. The number of carbonyl (C=O) groups excluding carboxylic acids is 1. The summed E-state index contributed by atoms with van der Waals surface area (Å²) in [5.41, 5.74) is 0.598. The number of hydrogen-bond donors (Lipinski definition) is 2. The zero-order chi connectivity index (χ0) is 15.3. The summed E-state index contributed by atoms with van der Waals surface area (Å²) >= 11 is 0. The Morgan fingerprint density at radius 3 is 2.55 bits per heavy atom. The summed E-state index contributed by atoms with van der Waals surface area (Å²) < 4.78 is 4.58. The van der Waals surface area contributed by atoms with Crippen molar-refractivity contribution in [3.8, 4) is 0 Å². The van der Waals surface area contributed by atoms with Gasteiger partial charge in [0.05, 0.1) is 13.5 Å². The van der Waals surface area contributed by atoms with Gasteiger partial charge in [0.1, 0.15) is 5.82 Å². The van der Waals surface area contributed by atoms with Gasteiger partial charge in [-0.1, -0.05) is 13.8 Å². The van der Waals surface area contributed by atoms with E-state index in [0.717, 1.165) is 0 Å². The van der Waals surface area contributed by atoms with Crippen molar-refractivity contribution < 1.29 is 19.4 Å². The molecule has 1 aromatic rings. The highest BCUT2D eigenvalue weighted by molar-refractivity contribution is 5.85. The average molecular weight is 281 g/mol. The summed E-state index contributed by atoms with van der Waals surface area (Å²) in [6, 6.07) is 1.37. The molecular weight excluding hydrogens is 262 g/mol. The third-order valence-corrected chi connectivity index (χ3v) is 2.75. The summed E-state index contributed by atoms with van der Waals surface area (Å²) in [5, 5.41) is 11.9. The maximum atomic E-state index is 11.4. The molecule has 0 aliphatic carbocycles. The van der Waals surface area contributed by atoms with Crippen molar-refractivity contribution in [3.05, 3.63) is 17.6 Å². The van der Waals surface area contributed by atoms with E-state index in [-0.39, 0.29) is 24.2 Å². The van der Waals surface area contributed by atoms with Gasteiger partial charge in [-0.05, 0) is 12.8 Å². The van der Waals surface area contributed by atoms with Gasteiger partial charge in [0.25, 0.3) is 0 Å². The Kier molecular flexibility index (Phi) is 5.42. The number of carboxylic acids is 1. The quantitative estimate of drug-likeness (QED) is 0.761. The zero-order valence-corrected chi connectivity index (χ0v) is 12.0. The van der Waals surface area contributed by atoms with Crippen LogP contribution in [0.2, 0.25) is 0 Å². The molecule has 0 amide bonds. The highest BCUT2D eigenvalue weighted by atomic mass is 16.5. The minimum atomic E-state index is -0.893. The summed E-state index contributed by atoms with van der Waals surface area (Å²) in [6.07, 6.45) is -0.0335. The number of esters is 1. The van der Waals surface area contributed by atoms with Crippen molar-refractivity contribution in [3.63, 3.8) is 0 Å². The first-order chi connectivity index (χ1) is 9.33. The maximum absolute atomic E-state index is 11.4. The number of carboxylic acid groups (broad SMARTS) is 1. The molecule has 1 unspecified atom stereocenters. The van der Waals surface area contributed by atoms with Gasteiger partial charge in [0.15, 0.2) is 0 Å². The summed E-state index contributed by atoms with van der Waals surface area (Å²) in [5.74, 6) is -1.06. The van der Waals surface area contributed by atoms with Gasteiger partial charge in [0, 0.05) is 17.8 Å². The number of aryl methyl sites for hydroxylation is 1. The first kappa shape index (κ1) is 15.9. The minimum absolute atomic E-state index is 0.0335. The number of aliphatic carboxylic acids is 1. The van der Waals surface area contributed by atoms with Crippen LogP contribution in [0.5, 0.6) is 0 Å². The molecule has 110 valence electrons. The molecule has 1 heterocycles. The monoisotopic (exact) mass is 281 g/mol. The number of methoxy groups -OCH3 is 1. The van der Waals surface area contributed by atoms with Gasteiger partial charge >= 0.3 is 11.9 Å². The van der Waals surface area contributed by atoms with E-state index in [0.29, 0.717) is 11.5 Å². The molecule has 0 saturated carbocycles. The van der Waals surface area contributed by atoms with Gasteiger partial charge in [-0.3, -0.25) is 4.79 Å². The average Bonchev–Trinajstić information content (AvgIpc) is 2.35. The second-order valence-corrected chi connectivity index (χ2v) is 4.80. The highest BCUT2D eigenvalue weighted by Gasteiger charge is 2.19. The molecule has 0 aliphatic heterocycles. The predicted molar refractivity (Wildman–Crippen MR) is 72.6 cm³/mol. The Morgan fingerprint density at radius 1 is 1.40 bits per heavy atom. The molecule has 0 aromatic carbocycles. The van der Waals surface area contributed by atoms with Gasteiger partial charge in [-0.15, -0.1) is 0 Å². The van der Waals surface area contributed by atoms with Crippen molar-refractivity contribution in [1.29, 1.82) is 0 Å². The van der Waals surface area contributed by atoms with E-state index in [2.05, 4.69) is 20.0 Å². The van der Waals surface area contributed by atoms with Crippen LogP contribution in [0.4, 0.5) is 5.82 Å². The first-order valence-electron chi connectivity index (χ1n) is 6.25. The molecule has 0 fully saturated rings. The molecule has 2 N–H and O–H groups in total. The SMILES string of the molecule is COC(=O)c1nc(C)cc(NC(CC(=O)O)C(C)C)n1. The van der Waals surface area contributed by atoms with E-state index in [4.69, 9.17) is 5.11 Å². The fourth-order valence-electron chi connectivity index (χ4n) is 1.66. The lowest BCUT2D eigenvalue weighted by atomic mass is 10.0. The van der Waals surface area contributed by atoms with Crippen LogP contribution in [-0.2, 0) is 9.53 Å². The van der Waals surface area contributed by atoms with Crippen LogP contribution in [-0.4, -0.2) is 40.2 Å². The third-order valence-electron chi connectivity index (χ3n) is 2.75. The second kappa shape index (κ2) is 6.83. The lowest BCUT2D eigenvalue weighted by molar-refractivity contribution is -0.137. The van der Waals surface area contributed by atoms with Crippen LogP contribution < -0.4 is 5.32 Å². The van der Waals surface area contributed by atoms with E-state index in [1.165, 1.54) is 7.11 Å². The van der Waals surface area contributed by atoms with Gasteiger partial charge < -0.3 is 15.2 Å². The summed E-state index contributed by atoms with van der Waals surface area (Å²) in [7, 11) is 1.25. The summed E-state index contributed by atoms with van der Waals surface area (Å²) in [4.78, 5) is 30.3. The van der Waals surface area contributed by atoms with Crippen LogP contribution in [0.1, 0.15) is 36.6 Å². The van der Waals surface area contributed by atoms with Gasteiger partial charge in [-0.2, -0.15) is 0 Å². The Labute approximate surface area is 117 Å². The van der Waals surface area contributed by atoms with Crippen molar-refractivity contribution >= 4 is 17.8 Å². The van der Waals surface area contributed by atoms with Crippen molar-refractivity contribution in [1.82, 2.24) is 9.97 Å². The highest BCUT2D eigenvalue weighted by Crippen LogP contribution is 2.15. The van der Waals surface area contributed by atoms with E-state index in [9.17, 15) is 9.59 Å². The fraction of sp³-hybridized carbons (Fsp3) is 0.538. The van der Waals surface area contributed by atoms with Crippen LogP contribution >= 0.6 is 0 Å². The fourth-order valence-corrected chi connectivity index (χ4v) is 1.66. The molecule has 20 heavy (non-hydrogen) atoms. The molecular formula is C13H19N3O4. The molecule has 1 atom stereocenters. The van der Waals surface area contributed by atoms with Gasteiger partial charge in [-0.25, -0.2) is 14.8 Å². The zero-order valence-electron chi connectivity index (χ0n) is 12.0. The van der Waals surface area contributed by atoms with Crippen LogP contribution in [0, 0.1) is 12.8 Å². The number of hydrogen-bond acceptors (Lipinski definition) is 6. The van der Waals surface area contributed by atoms with Gasteiger partial charge in [0.2, 0.25) is 5.82 Å². The lowest BCUT2D eigenvalue weighted by Gasteiger charge is -2.21. The van der Waals surface area contributed by atoms with Crippen LogP contribution in [0.25, 0.3) is 0 Å². The number of aromatic nitrogens is 2. The lowest BCUT2D eigenvalue weighted by Crippen LogP contribution is -2.29. The number of nitrogens with one attached hydrogen (secondary N) is 1. The largest absolute Gasteiger partial charge is 0.481 e. The minimum Gasteiger partial charge on any atom is -0.481 e. The standard InChI is InChI=1S/C13H19N3O4/c1-7(2)9(6-11(17)18)15-10-5-8(3)14-12(16-10)13(19)20-4/h5,7,9H,6H2,1-4H3,(H,17,18)(H,14,15,16). The molecule has 0 spiro atoms. The van der Waals surface area contributed by atoms with Crippen molar-refractivity contribution in [2.45, 2.75) is 33.2 Å². The summed E-state index contributed by atoms with van der Waals surface area (Å²) in [6.45, 7) is 5.55. The van der Waals surface area contributed by atoms with E-state index in [1.807, 2.05) is 13.8 Å².